The van der Waals surface area contributed by atoms with Gasteiger partial charge in [0.25, 0.3) is 0 Å². The number of carbonyl (C=O) groups excluding carboxylic acids is 1. The van der Waals surface area contributed by atoms with Gasteiger partial charge in [-0.05, 0) is 24.7 Å². The molecule has 14 heavy (non-hydrogen) atoms. The van der Waals surface area contributed by atoms with Gasteiger partial charge in [0.15, 0.2) is 0 Å². The second kappa shape index (κ2) is 4.30. The number of hydrogen-bond acceptors (Lipinski definition) is 2. The highest BCUT2D eigenvalue weighted by atomic mass is 16.3. The number of hydrogen-bond donors (Lipinski definition) is 1. The van der Waals surface area contributed by atoms with Crippen molar-refractivity contribution in [3.8, 4) is 0 Å². The fourth-order valence-corrected chi connectivity index (χ4v) is 2.22. The zero-order valence-corrected chi connectivity index (χ0v) is 9.42. The Kier molecular flexibility index (Phi) is 3.53. The van der Waals surface area contributed by atoms with Crippen LogP contribution in [0.2, 0.25) is 0 Å². The van der Waals surface area contributed by atoms with Gasteiger partial charge in [-0.3, -0.25) is 4.79 Å². The average molecular weight is 199 g/mol. The second-order valence-electron chi connectivity index (χ2n) is 5.12. The molecule has 1 amide bonds. The Labute approximate surface area is 86.1 Å². The topological polar surface area (TPSA) is 40.5 Å². The Morgan fingerprint density at radius 3 is 2.57 bits per heavy atom. The first-order valence-corrected chi connectivity index (χ1v) is 5.37. The van der Waals surface area contributed by atoms with Crippen molar-refractivity contribution in [1.82, 2.24) is 4.90 Å². The highest BCUT2D eigenvalue weighted by molar-refractivity contribution is 5.77. The lowest BCUT2D eigenvalue weighted by atomic mass is 9.80. The molecule has 0 aromatic rings. The van der Waals surface area contributed by atoms with Crippen LogP contribution >= 0.6 is 0 Å². The van der Waals surface area contributed by atoms with Crippen LogP contribution in [0.4, 0.5) is 0 Å². The maximum atomic E-state index is 11.5. The van der Waals surface area contributed by atoms with E-state index in [1.54, 1.807) is 0 Å². The first-order valence-electron chi connectivity index (χ1n) is 5.37. The summed E-state index contributed by atoms with van der Waals surface area (Å²) in [5.74, 6) is -0.121. The van der Waals surface area contributed by atoms with Crippen LogP contribution in [-0.4, -0.2) is 35.1 Å². The summed E-state index contributed by atoms with van der Waals surface area (Å²) in [6.45, 7) is 6.91. The van der Waals surface area contributed by atoms with Crippen molar-refractivity contribution in [2.45, 2.75) is 46.1 Å². The van der Waals surface area contributed by atoms with Gasteiger partial charge in [-0.2, -0.15) is 0 Å². The lowest BCUT2D eigenvalue weighted by molar-refractivity contribution is -0.140. The number of likely N-dealkylation sites (tertiary alicyclic amines) is 1. The number of nitrogens with zero attached hydrogens (tertiary/aromatic N) is 1. The molecule has 0 aliphatic carbocycles. The fourth-order valence-electron chi connectivity index (χ4n) is 2.22. The van der Waals surface area contributed by atoms with Crippen molar-refractivity contribution in [3.05, 3.63) is 0 Å². The van der Waals surface area contributed by atoms with E-state index in [0.29, 0.717) is 0 Å². The maximum absolute atomic E-state index is 11.5. The van der Waals surface area contributed by atoms with Gasteiger partial charge < -0.3 is 10.0 Å². The third kappa shape index (κ3) is 2.47. The number of piperidine rings is 1. The molecule has 1 heterocycles. The van der Waals surface area contributed by atoms with E-state index in [1.807, 2.05) is 4.90 Å². The lowest BCUT2D eigenvalue weighted by Gasteiger charge is -2.43. The van der Waals surface area contributed by atoms with Gasteiger partial charge >= 0.3 is 0 Å². The smallest absolute Gasteiger partial charge is 0.248 e. The Morgan fingerprint density at radius 1 is 1.43 bits per heavy atom. The van der Waals surface area contributed by atoms with Gasteiger partial charge in [-0.25, -0.2) is 0 Å². The molecule has 1 N–H and O–H groups in total. The molecule has 0 bridgehead atoms. The highest BCUT2D eigenvalue weighted by Gasteiger charge is 2.34. The molecule has 1 aliphatic rings. The molecule has 0 saturated carbocycles. The SMILES string of the molecule is CC(C)(C)C1CCCCN1C(=O)CO. The zero-order chi connectivity index (χ0) is 10.8. The minimum absolute atomic E-state index is 0.116. The molecule has 1 fully saturated rings. The Balaban J connectivity index is 2.74. The number of rotatable bonds is 1. The number of amides is 1. The summed E-state index contributed by atoms with van der Waals surface area (Å²) < 4.78 is 0. The Hall–Kier alpha value is -0.570. The molecule has 0 aromatic carbocycles. The van der Waals surface area contributed by atoms with Crippen LogP contribution in [0.15, 0.2) is 0 Å². The maximum Gasteiger partial charge on any atom is 0.248 e. The van der Waals surface area contributed by atoms with Gasteiger partial charge in [0.2, 0.25) is 5.91 Å². The molecule has 3 nitrogen and oxygen atoms in total. The van der Waals surface area contributed by atoms with E-state index in [2.05, 4.69) is 20.8 Å². The molecule has 0 aromatic heterocycles. The molecular weight excluding hydrogens is 178 g/mol. The van der Waals surface area contributed by atoms with Crippen LogP contribution in [0.25, 0.3) is 0 Å². The van der Waals surface area contributed by atoms with Crippen molar-refractivity contribution in [3.63, 3.8) is 0 Å². The summed E-state index contributed by atoms with van der Waals surface area (Å²) in [5.41, 5.74) is 0.116. The van der Waals surface area contributed by atoms with E-state index in [1.165, 1.54) is 6.42 Å². The van der Waals surface area contributed by atoms with Crippen molar-refractivity contribution >= 4 is 5.91 Å². The van der Waals surface area contributed by atoms with Crippen LogP contribution < -0.4 is 0 Å². The van der Waals surface area contributed by atoms with Crippen molar-refractivity contribution in [1.29, 1.82) is 0 Å². The molecule has 0 radical (unpaired) electrons. The van der Waals surface area contributed by atoms with Crippen LogP contribution in [0.3, 0.4) is 0 Å². The fraction of sp³-hybridized carbons (Fsp3) is 0.909. The molecule has 1 unspecified atom stereocenters. The first-order chi connectivity index (χ1) is 6.46. The van der Waals surface area contributed by atoms with Gasteiger partial charge in [0.05, 0.1) is 0 Å². The van der Waals surface area contributed by atoms with Crippen LogP contribution in [-0.2, 0) is 4.79 Å². The lowest BCUT2D eigenvalue weighted by Crippen LogP contribution is -2.50. The van der Waals surface area contributed by atoms with Crippen molar-refractivity contribution < 1.29 is 9.90 Å². The van der Waals surface area contributed by atoms with Gasteiger partial charge in [-0.15, -0.1) is 0 Å². The number of aliphatic hydroxyl groups excluding tert-OH is 1. The summed E-state index contributed by atoms with van der Waals surface area (Å²) in [5, 5.41) is 8.88. The van der Waals surface area contributed by atoms with Gasteiger partial charge in [0, 0.05) is 12.6 Å². The summed E-state index contributed by atoms with van der Waals surface area (Å²) >= 11 is 0. The van der Waals surface area contributed by atoms with Crippen LogP contribution in [0, 0.1) is 5.41 Å². The molecule has 0 spiro atoms. The summed E-state index contributed by atoms with van der Waals surface area (Å²) in [6.07, 6.45) is 3.32. The highest BCUT2D eigenvalue weighted by Crippen LogP contribution is 2.31. The van der Waals surface area contributed by atoms with E-state index in [4.69, 9.17) is 5.11 Å². The van der Waals surface area contributed by atoms with E-state index in [9.17, 15) is 4.79 Å². The van der Waals surface area contributed by atoms with Crippen molar-refractivity contribution in [2.24, 2.45) is 5.41 Å². The number of carbonyl (C=O) groups is 1. The normalized spacial score (nSPS) is 23.7. The zero-order valence-electron chi connectivity index (χ0n) is 9.42. The molecule has 1 atom stereocenters. The van der Waals surface area contributed by atoms with E-state index < -0.39 is 0 Å². The molecule has 1 rings (SSSR count). The first kappa shape index (κ1) is 11.5. The third-order valence-electron chi connectivity index (χ3n) is 2.96. The Bertz CT molecular complexity index is 208. The van der Waals surface area contributed by atoms with E-state index in [-0.39, 0.29) is 24.0 Å². The Morgan fingerprint density at radius 2 is 2.07 bits per heavy atom. The standard InChI is InChI=1S/C11H21NO2/c1-11(2,3)9-6-4-5-7-12(9)10(14)8-13/h9,13H,4-8H2,1-3H3. The molecule has 82 valence electrons. The predicted molar refractivity (Wildman–Crippen MR) is 55.9 cm³/mol. The molecule has 1 saturated heterocycles. The number of aliphatic hydroxyl groups is 1. The van der Waals surface area contributed by atoms with Crippen LogP contribution in [0.1, 0.15) is 40.0 Å². The minimum Gasteiger partial charge on any atom is -0.387 e. The predicted octanol–water partition coefficient (Wildman–Crippen LogP) is 1.41. The minimum atomic E-state index is -0.355. The van der Waals surface area contributed by atoms with Crippen molar-refractivity contribution in [2.75, 3.05) is 13.2 Å². The molecular formula is C11H21NO2. The monoisotopic (exact) mass is 199 g/mol. The van der Waals surface area contributed by atoms with Gasteiger partial charge in [0.1, 0.15) is 6.61 Å². The quantitative estimate of drug-likeness (QED) is 0.693. The molecule has 1 aliphatic heterocycles. The summed E-state index contributed by atoms with van der Waals surface area (Å²) in [6, 6.07) is 0.288. The third-order valence-corrected chi connectivity index (χ3v) is 2.96. The summed E-state index contributed by atoms with van der Waals surface area (Å²) in [4.78, 5) is 13.4. The van der Waals surface area contributed by atoms with E-state index in [0.717, 1.165) is 19.4 Å². The summed E-state index contributed by atoms with van der Waals surface area (Å²) in [7, 11) is 0. The second-order valence-corrected chi connectivity index (χ2v) is 5.12. The largest absolute Gasteiger partial charge is 0.387 e. The van der Waals surface area contributed by atoms with Crippen LogP contribution in [0.5, 0.6) is 0 Å². The average Bonchev–Trinajstić information content (AvgIpc) is 2.15. The van der Waals surface area contributed by atoms with E-state index >= 15 is 0 Å². The van der Waals surface area contributed by atoms with Gasteiger partial charge in [-0.1, -0.05) is 20.8 Å². The molecule has 3 heteroatoms.